The van der Waals surface area contributed by atoms with Crippen LogP contribution in [-0.4, -0.2) is 50.1 Å². The van der Waals surface area contributed by atoms with Gasteiger partial charge in [-0.2, -0.15) is 0 Å². The van der Waals surface area contributed by atoms with E-state index in [1.165, 1.54) is 4.90 Å². The van der Waals surface area contributed by atoms with Gasteiger partial charge in [0.25, 0.3) is 5.91 Å². The van der Waals surface area contributed by atoms with E-state index in [1.807, 2.05) is 26.0 Å². The van der Waals surface area contributed by atoms with Crippen molar-refractivity contribution in [2.24, 2.45) is 0 Å². The number of nitrogens with one attached hydrogen (secondary N) is 1. The van der Waals surface area contributed by atoms with Gasteiger partial charge < -0.3 is 24.4 Å². The fraction of sp³-hybridized carbons (Fsp3) is 0.333. The number of carbonyl (C=O) groups excluding carboxylic acids is 2. The summed E-state index contributed by atoms with van der Waals surface area (Å²) in [6.07, 6.45) is 0. The molecule has 0 atom stereocenters. The first-order valence-electron chi connectivity index (χ1n) is 9.13. The number of hydrogen-bond donors (Lipinski definition) is 1. The SMILES string of the molecule is CCOc1ccccc1OCC(=O)N(CC)CC(=O)Nc1ccc(OC)cc1. The van der Waals surface area contributed by atoms with Crippen LogP contribution >= 0.6 is 0 Å². The third-order valence-corrected chi connectivity index (χ3v) is 3.94. The molecule has 0 aliphatic heterocycles. The van der Waals surface area contributed by atoms with Crippen LogP contribution in [0, 0.1) is 0 Å². The summed E-state index contributed by atoms with van der Waals surface area (Å²) in [5, 5.41) is 2.76. The lowest BCUT2D eigenvalue weighted by Gasteiger charge is -2.21. The predicted molar refractivity (Wildman–Crippen MR) is 107 cm³/mol. The minimum absolute atomic E-state index is 0.0577. The molecule has 0 aliphatic carbocycles. The second-order valence-electron chi connectivity index (χ2n) is 5.85. The Morgan fingerprint density at radius 1 is 0.964 bits per heavy atom. The van der Waals surface area contributed by atoms with E-state index < -0.39 is 0 Å². The van der Waals surface area contributed by atoms with Gasteiger partial charge in [-0.25, -0.2) is 0 Å². The van der Waals surface area contributed by atoms with Crippen LogP contribution < -0.4 is 19.5 Å². The molecule has 1 N–H and O–H groups in total. The number of anilines is 1. The van der Waals surface area contributed by atoms with E-state index in [4.69, 9.17) is 14.2 Å². The lowest BCUT2D eigenvalue weighted by Crippen LogP contribution is -2.40. The summed E-state index contributed by atoms with van der Waals surface area (Å²) in [5.41, 5.74) is 0.635. The van der Waals surface area contributed by atoms with Crippen molar-refractivity contribution in [2.75, 3.05) is 38.7 Å². The maximum absolute atomic E-state index is 12.5. The van der Waals surface area contributed by atoms with Gasteiger partial charge in [0.2, 0.25) is 5.91 Å². The monoisotopic (exact) mass is 386 g/mol. The molecule has 2 amide bonds. The van der Waals surface area contributed by atoms with E-state index in [2.05, 4.69) is 5.32 Å². The summed E-state index contributed by atoms with van der Waals surface area (Å²) < 4.78 is 16.2. The zero-order chi connectivity index (χ0) is 20.4. The van der Waals surface area contributed by atoms with Gasteiger partial charge >= 0.3 is 0 Å². The highest BCUT2D eigenvalue weighted by atomic mass is 16.5. The third-order valence-electron chi connectivity index (χ3n) is 3.94. The van der Waals surface area contributed by atoms with Crippen molar-refractivity contribution in [1.29, 1.82) is 0 Å². The van der Waals surface area contributed by atoms with Gasteiger partial charge in [-0.3, -0.25) is 9.59 Å². The number of methoxy groups -OCH3 is 1. The fourth-order valence-corrected chi connectivity index (χ4v) is 2.50. The molecule has 150 valence electrons. The number of benzene rings is 2. The van der Waals surface area contributed by atoms with E-state index in [9.17, 15) is 9.59 Å². The van der Waals surface area contributed by atoms with Gasteiger partial charge in [-0.1, -0.05) is 12.1 Å². The maximum atomic E-state index is 12.5. The summed E-state index contributed by atoms with van der Waals surface area (Å²) in [7, 11) is 1.58. The molecule has 0 heterocycles. The molecule has 0 saturated carbocycles. The topological polar surface area (TPSA) is 77.1 Å². The standard InChI is InChI=1S/C21H26N2O5/c1-4-23(14-20(24)22-16-10-12-17(26-3)13-11-16)21(25)15-28-19-9-7-6-8-18(19)27-5-2/h6-13H,4-5,14-15H2,1-3H3,(H,22,24). The fourth-order valence-electron chi connectivity index (χ4n) is 2.50. The molecule has 2 rings (SSSR count). The Balaban J connectivity index is 1.89. The molecule has 7 heteroatoms. The molecule has 7 nitrogen and oxygen atoms in total. The number of likely N-dealkylation sites (N-methyl/N-ethyl adjacent to an activating group) is 1. The van der Waals surface area contributed by atoms with Crippen LogP contribution in [0.3, 0.4) is 0 Å². The van der Waals surface area contributed by atoms with Crippen LogP contribution in [0.2, 0.25) is 0 Å². The summed E-state index contributed by atoms with van der Waals surface area (Å²) in [6.45, 7) is 4.35. The van der Waals surface area contributed by atoms with Crippen LogP contribution in [0.25, 0.3) is 0 Å². The number of amides is 2. The summed E-state index contributed by atoms with van der Waals surface area (Å²) in [5.74, 6) is 1.22. The van der Waals surface area contributed by atoms with E-state index in [0.29, 0.717) is 36.1 Å². The number of para-hydroxylation sites is 2. The Hall–Kier alpha value is -3.22. The van der Waals surface area contributed by atoms with Gasteiger partial charge in [-0.05, 0) is 50.2 Å². The summed E-state index contributed by atoms with van der Waals surface area (Å²) in [6, 6.07) is 14.1. The average molecular weight is 386 g/mol. The summed E-state index contributed by atoms with van der Waals surface area (Å²) >= 11 is 0. The van der Waals surface area contributed by atoms with Gasteiger partial charge in [0.15, 0.2) is 18.1 Å². The predicted octanol–water partition coefficient (Wildman–Crippen LogP) is 2.96. The van der Waals surface area contributed by atoms with E-state index in [-0.39, 0.29) is 25.0 Å². The van der Waals surface area contributed by atoms with E-state index in [1.54, 1.807) is 43.5 Å². The molecule has 0 bridgehead atoms. The normalized spacial score (nSPS) is 10.1. The number of carbonyl (C=O) groups is 2. The Bertz CT molecular complexity index is 777. The molecule has 0 aromatic heterocycles. The second-order valence-corrected chi connectivity index (χ2v) is 5.85. The van der Waals surface area contributed by atoms with Crippen molar-refractivity contribution in [1.82, 2.24) is 4.90 Å². The molecule has 0 radical (unpaired) electrons. The molecular formula is C21H26N2O5. The highest BCUT2D eigenvalue weighted by Gasteiger charge is 2.17. The van der Waals surface area contributed by atoms with Crippen LogP contribution in [0.15, 0.2) is 48.5 Å². The highest BCUT2D eigenvalue weighted by molar-refractivity contribution is 5.94. The molecule has 0 fully saturated rings. The van der Waals surface area contributed by atoms with Crippen LogP contribution in [0.1, 0.15) is 13.8 Å². The number of nitrogens with zero attached hydrogens (tertiary/aromatic N) is 1. The first-order valence-corrected chi connectivity index (χ1v) is 9.13. The lowest BCUT2D eigenvalue weighted by molar-refractivity contribution is -0.136. The molecule has 0 saturated heterocycles. The second kappa shape index (κ2) is 10.8. The minimum Gasteiger partial charge on any atom is -0.497 e. The van der Waals surface area contributed by atoms with Gasteiger partial charge in [0.1, 0.15) is 5.75 Å². The number of rotatable bonds is 10. The van der Waals surface area contributed by atoms with Crippen molar-refractivity contribution in [3.05, 3.63) is 48.5 Å². The molecule has 2 aromatic rings. The molecule has 28 heavy (non-hydrogen) atoms. The smallest absolute Gasteiger partial charge is 0.260 e. The Labute approximate surface area is 165 Å². The zero-order valence-electron chi connectivity index (χ0n) is 16.4. The molecule has 2 aromatic carbocycles. The molecule has 0 spiro atoms. The van der Waals surface area contributed by atoms with Crippen molar-refractivity contribution < 1.29 is 23.8 Å². The molecule has 0 unspecified atom stereocenters. The molecule has 0 aliphatic rings. The summed E-state index contributed by atoms with van der Waals surface area (Å²) in [4.78, 5) is 26.1. The van der Waals surface area contributed by atoms with Crippen molar-refractivity contribution in [2.45, 2.75) is 13.8 Å². The Morgan fingerprint density at radius 2 is 1.61 bits per heavy atom. The van der Waals surface area contributed by atoms with Crippen molar-refractivity contribution in [3.63, 3.8) is 0 Å². The Morgan fingerprint density at radius 3 is 2.18 bits per heavy atom. The minimum atomic E-state index is -0.282. The highest BCUT2D eigenvalue weighted by Crippen LogP contribution is 2.26. The average Bonchev–Trinajstić information content (AvgIpc) is 2.72. The van der Waals surface area contributed by atoms with Crippen molar-refractivity contribution >= 4 is 17.5 Å². The molecular weight excluding hydrogens is 360 g/mol. The number of hydrogen-bond acceptors (Lipinski definition) is 5. The van der Waals surface area contributed by atoms with E-state index in [0.717, 1.165) is 0 Å². The maximum Gasteiger partial charge on any atom is 0.260 e. The van der Waals surface area contributed by atoms with Crippen molar-refractivity contribution in [3.8, 4) is 17.2 Å². The quantitative estimate of drug-likeness (QED) is 0.679. The zero-order valence-corrected chi connectivity index (χ0v) is 16.4. The Kier molecular flexibility index (Phi) is 8.14. The number of ether oxygens (including phenoxy) is 3. The van der Waals surface area contributed by atoms with E-state index >= 15 is 0 Å². The van der Waals surface area contributed by atoms with Crippen LogP contribution in [0.4, 0.5) is 5.69 Å². The largest absolute Gasteiger partial charge is 0.497 e. The van der Waals surface area contributed by atoms with Gasteiger partial charge in [-0.15, -0.1) is 0 Å². The first kappa shape index (κ1) is 21.1. The lowest BCUT2D eigenvalue weighted by atomic mass is 10.3. The van der Waals surface area contributed by atoms with Gasteiger partial charge in [0.05, 0.1) is 20.3 Å². The van der Waals surface area contributed by atoms with Crippen LogP contribution in [-0.2, 0) is 9.59 Å². The third kappa shape index (κ3) is 6.19. The van der Waals surface area contributed by atoms with Gasteiger partial charge in [0, 0.05) is 12.2 Å². The first-order chi connectivity index (χ1) is 13.6. The van der Waals surface area contributed by atoms with Crippen LogP contribution in [0.5, 0.6) is 17.2 Å².